The minimum atomic E-state index is -1.37. The average molecular weight is 561 g/mol. The molecule has 0 amide bonds. The van der Waals surface area contributed by atoms with Crippen LogP contribution in [-0.4, -0.2) is 75.6 Å². The molecule has 0 saturated carbocycles. The number of rotatable bonds is 8. The molecule has 0 radical (unpaired) electrons. The average Bonchev–Trinajstić information content (AvgIpc) is 3.24. The van der Waals surface area contributed by atoms with E-state index in [9.17, 15) is 29.1 Å². The third kappa shape index (κ3) is 5.95. The van der Waals surface area contributed by atoms with Gasteiger partial charge in [0.05, 0.1) is 23.1 Å². The molecule has 2 aromatic rings. The molecule has 15 heteroatoms. The monoisotopic (exact) mass is 560 g/mol. The number of nitrogens with zero attached hydrogens (tertiary/aromatic N) is 2. The largest absolute Gasteiger partial charge is 0.462 e. The molecule has 2 aliphatic heterocycles. The molecule has 4 rings (SSSR count). The van der Waals surface area contributed by atoms with Crippen LogP contribution in [0.2, 0.25) is 0 Å². The summed E-state index contributed by atoms with van der Waals surface area (Å²) in [5.74, 6) is -3.78. The van der Waals surface area contributed by atoms with Gasteiger partial charge in [-0.2, -0.15) is 4.98 Å². The van der Waals surface area contributed by atoms with E-state index in [4.69, 9.17) is 29.5 Å². The van der Waals surface area contributed by atoms with Gasteiger partial charge >= 0.3 is 29.6 Å². The van der Waals surface area contributed by atoms with Crippen LogP contribution < -0.4 is 16.9 Å². The van der Waals surface area contributed by atoms with Crippen molar-refractivity contribution in [1.29, 1.82) is 0 Å². The lowest BCUT2D eigenvalue weighted by Gasteiger charge is -2.27. The van der Waals surface area contributed by atoms with Crippen molar-refractivity contribution in [2.45, 2.75) is 57.5 Å². The molecule has 0 aliphatic carbocycles. The summed E-state index contributed by atoms with van der Waals surface area (Å²) < 4.78 is 23.3. The maximum atomic E-state index is 13.0. The number of aliphatic hydroxyl groups is 1. The second-order valence-corrected chi connectivity index (χ2v) is 9.43. The molecule has 6 atom stereocenters. The lowest BCUT2D eigenvalue weighted by molar-refractivity contribution is -0.154. The van der Waals surface area contributed by atoms with Crippen LogP contribution in [0, 0.1) is 5.92 Å². The number of fused-ring (bicyclic) bond motifs is 2. The molecule has 1 fully saturated rings. The SMILES string of the molecule is CC(C)C(=O)ONc1ccn([C@@H]2O[C@H](COC(=O)[C@@H](N)[C@H](C)O)[C@H]3OC(=O)c4ccccc4C(=O)O[C@H]32)c(=O)n1. The second-order valence-electron chi connectivity index (χ2n) is 9.43. The van der Waals surface area contributed by atoms with Crippen LogP contribution in [-0.2, 0) is 33.4 Å². The molecular weight excluding hydrogens is 532 g/mol. The van der Waals surface area contributed by atoms with Crippen LogP contribution in [0.5, 0.6) is 0 Å². The number of esters is 3. The van der Waals surface area contributed by atoms with Gasteiger partial charge in [-0.1, -0.05) is 26.0 Å². The minimum Gasteiger partial charge on any atom is -0.462 e. The van der Waals surface area contributed by atoms with E-state index in [1.165, 1.54) is 43.5 Å². The number of carbonyl (C=O) groups is 4. The summed E-state index contributed by atoms with van der Waals surface area (Å²) >= 11 is 0. The van der Waals surface area contributed by atoms with Gasteiger partial charge in [0.1, 0.15) is 18.8 Å². The Morgan fingerprint density at radius 2 is 1.68 bits per heavy atom. The predicted octanol–water partition coefficient (Wildman–Crippen LogP) is -0.317. The molecule has 2 aliphatic rings. The van der Waals surface area contributed by atoms with Crippen molar-refractivity contribution in [1.82, 2.24) is 9.55 Å². The van der Waals surface area contributed by atoms with Gasteiger partial charge in [0, 0.05) is 12.3 Å². The lowest BCUT2D eigenvalue weighted by atomic mass is 10.0. The van der Waals surface area contributed by atoms with Crippen molar-refractivity contribution in [3.8, 4) is 0 Å². The van der Waals surface area contributed by atoms with E-state index < -0.39 is 78.8 Å². The zero-order valence-electron chi connectivity index (χ0n) is 21.7. The Morgan fingerprint density at radius 3 is 2.25 bits per heavy atom. The molecule has 4 N–H and O–H groups in total. The summed E-state index contributed by atoms with van der Waals surface area (Å²) in [6, 6.07) is 5.79. The third-order valence-corrected chi connectivity index (χ3v) is 6.15. The summed E-state index contributed by atoms with van der Waals surface area (Å²) in [7, 11) is 0. The van der Waals surface area contributed by atoms with Crippen LogP contribution in [0.1, 0.15) is 47.7 Å². The number of aliphatic hydroxyl groups excluding tert-OH is 1. The van der Waals surface area contributed by atoms with Gasteiger partial charge in [0.25, 0.3) is 0 Å². The van der Waals surface area contributed by atoms with E-state index in [1.807, 2.05) is 0 Å². The molecule has 1 aromatic carbocycles. The Bertz CT molecular complexity index is 1360. The fourth-order valence-corrected chi connectivity index (χ4v) is 3.89. The highest BCUT2D eigenvalue weighted by Crippen LogP contribution is 2.36. The Labute approximate surface area is 227 Å². The maximum Gasteiger partial charge on any atom is 0.351 e. The molecule has 1 saturated heterocycles. The normalized spacial score (nSPS) is 23.4. The topological polar surface area (TPSA) is 208 Å². The first-order valence-corrected chi connectivity index (χ1v) is 12.3. The van der Waals surface area contributed by atoms with Crippen LogP contribution in [0.25, 0.3) is 0 Å². The zero-order valence-corrected chi connectivity index (χ0v) is 21.7. The quantitative estimate of drug-likeness (QED) is 0.215. The number of aromatic nitrogens is 2. The fourth-order valence-electron chi connectivity index (χ4n) is 3.89. The van der Waals surface area contributed by atoms with Crippen LogP contribution in [0.15, 0.2) is 41.3 Å². The van der Waals surface area contributed by atoms with Gasteiger partial charge in [-0.25, -0.2) is 24.7 Å². The number of ether oxygens (including phenoxy) is 4. The summed E-state index contributed by atoms with van der Waals surface area (Å²) in [5.41, 5.74) is 6.90. The molecule has 0 spiro atoms. The highest BCUT2D eigenvalue weighted by atomic mass is 16.7. The van der Waals surface area contributed by atoms with Crippen LogP contribution in [0.4, 0.5) is 5.82 Å². The summed E-state index contributed by atoms with van der Waals surface area (Å²) in [4.78, 5) is 71.5. The Hall–Kier alpha value is -4.34. The minimum absolute atomic E-state index is 0.0496. The van der Waals surface area contributed by atoms with E-state index in [0.717, 1.165) is 4.57 Å². The highest BCUT2D eigenvalue weighted by Gasteiger charge is 2.53. The summed E-state index contributed by atoms with van der Waals surface area (Å²) in [5, 5.41) is 9.57. The van der Waals surface area contributed by atoms with Crippen molar-refractivity contribution in [3.63, 3.8) is 0 Å². The van der Waals surface area contributed by atoms with Gasteiger partial charge in [-0.15, -0.1) is 0 Å². The molecule has 15 nitrogen and oxygen atoms in total. The highest BCUT2D eigenvalue weighted by molar-refractivity contribution is 6.03. The smallest absolute Gasteiger partial charge is 0.351 e. The number of nitrogens with one attached hydrogen (secondary N) is 1. The molecule has 214 valence electrons. The Balaban J connectivity index is 1.64. The van der Waals surface area contributed by atoms with Crippen molar-refractivity contribution >= 4 is 29.7 Å². The van der Waals surface area contributed by atoms with Crippen molar-refractivity contribution < 1.29 is 48.1 Å². The van der Waals surface area contributed by atoms with E-state index in [2.05, 4.69) is 10.5 Å². The number of benzene rings is 1. The van der Waals surface area contributed by atoms with Gasteiger partial charge < -0.3 is 34.6 Å². The zero-order chi connectivity index (χ0) is 29.1. The molecule has 1 aromatic heterocycles. The summed E-state index contributed by atoms with van der Waals surface area (Å²) in [6.07, 6.45) is -5.22. The van der Waals surface area contributed by atoms with E-state index in [0.29, 0.717) is 0 Å². The van der Waals surface area contributed by atoms with E-state index >= 15 is 0 Å². The second kappa shape index (κ2) is 11.8. The first-order chi connectivity index (χ1) is 19.0. The summed E-state index contributed by atoms with van der Waals surface area (Å²) in [6.45, 7) is 4.03. The van der Waals surface area contributed by atoms with Gasteiger partial charge in [-0.05, 0) is 19.1 Å². The van der Waals surface area contributed by atoms with Crippen molar-refractivity contribution in [2.75, 3.05) is 12.1 Å². The van der Waals surface area contributed by atoms with E-state index in [1.54, 1.807) is 13.8 Å². The first-order valence-electron chi connectivity index (χ1n) is 12.3. The van der Waals surface area contributed by atoms with Gasteiger partial charge in [-0.3, -0.25) is 9.36 Å². The number of nitrogens with two attached hydrogens (primary N) is 1. The maximum absolute atomic E-state index is 13.0. The molecular formula is C25H28N4O11. The molecule has 0 unspecified atom stereocenters. The van der Waals surface area contributed by atoms with Gasteiger partial charge in [0.2, 0.25) is 0 Å². The third-order valence-electron chi connectivity index (χ3n) is 6.15. The number of hydrogen-bond acceptors (Lipinski definition) is 14. The number of carbonyl (C=O) groups excluding carboxylic acids is 4. The first kappa shape index (κ1) is 28.7. The van der Waals surface area contributed by atoms with Gasteiger partial charge in [0.15, 0.2) is 24.3 Å². The molecule has 40 heavy (non-hydrogen) atoms. The van der Waals surface area contributed by atoms with Crippen molar-refractivity contribution in [2.24, 2.45) is 11.7 Å². The fraction of sp³-hybridized carbons (Fsp3) is 0.440. The Morgan fingerprint density at radius 1 is 1.05 bits per heavy atom. The molecule has 3 heterocycles. The standard InChI is InChI=1S/C25H28N4O11/c1-11(2)21(31)40-28-16-8-9-29(25(35)27-16)20-19-18(15(37-20)10-36-24(34)17(26)12(3)30)38-22(32)13-6-4-5-7-14(13)23(33)39-19/h4-9,11-12,15,17-20,30H,10,26H2,1-3H3,(H,27,28,35)/t12-,15+,17-,18+,19+,20+/m0/s1. The Kier molecular flexibility index (Phi) is 8.46. The van der Waals surface area contributed by atoms with Crippen LogP contribution >= 0.6 is 0 Å². The number of hydrogen-bond donors (Lipinski definition) is 3. The van der Waals surface area contributed by atoms with E-state index in [-0.39, 0.29) is 16.9 Å². The van der Waals surface area contributed by atoms with Crippen LogP contribution in [0.3, 0.4) is 0 Å². The number of anilines is 1. The predicted molar refractivity (Wildman–Crippen MR) is 132 cm³/mol. The lowest BCUT2D eigenvalue weighted by Crippen LogP contribution is -2.45. The van der Waals surface area contributed by atoms with Crippen molar-refractivity contribution in [3.05, 3.63) is 58.1 Å². The molecule has 0 bridgehead atoms.